The minimum absolute atomic E-state index is 0.0521. The maximum Gasteiger partial charge on any atom is 0.263 e. The maximum absolute atomic E-state index is 13.9. The fourth-order valence-electron chi connectivity index (χ4n) is 2.13. The van der Waals surface area contributed by atoms with Crippen LogP contribution < -0.4 is 0 Å². The van der Waals surface area contributed by atoms with Crippen molar-refractivity contribution in [1.82, 2.24) is 14.8 Å². The highest BCUT2D eigenvalue weighted by Crippen LogP contribution is 2.30. The van der Waals surface area contributed by atoms with E-state index in [0.717, 1.165) is 0 Å². The van der Waals surface area contributed by atoms with E-state index in [0.29, 0.717) is 11.4 Å². The first kappa shape index (κ1) is 14.0. The molecule has 1 aromatic carbocycles. The van der Waals surface area contributed by atoms with Gasteiger partial charge in [0, 0.05) is 23.8 Å². The molecule has 0 atom stereocenters. The molecule has 2 heterocycles. The molecule has 0 N–H and O–H groups in total. The Labute approximate surface area is 123 Å². The molecule has 0 fully saturated rings. The molecule has 6 nitrogen and oxygen atoms in total. The highest BCUT2D eigenvalue weighted by Gasteiger charge is 2.22. The zero-order chi connectivity index (χ0) is 15.2. The van der Waals surface area contributed by atoms with Crippen LogP contribution in [0.15, 0.2) is 33.7 Å². The van der Waals surface area contributed by atoms with Gasteiger partial charge in [-0.25, -0.2) is 12.8 Å². The van der Waals surface area contributed by atoms with E-state index < -0.39 is 14.9 Å². The molecule has 110 valence electrons. The second kappa shape index (κ2) is 4.81. The molecule has 21 heavy (non-hydrogen) atoms. The van der Waals surface area contributed by atoms with Crippen molar-refractivity contribution in [2.75, 3.05) is 0 Å². The predicted molar refractivity (Wildman–Crippen MR) is 73.1 cm³/mol. The molecule has 0 unspecified atom stereocenters. The minimum Gasteiger partial charge on any atom is -0.424 e. The zero-order valence-electron chi connectivity index (χ0n) is 10.7. The first-order valence-electron chi connectivity index (χ1n) is 5.87. The van der Waals surface area contributed by atoms with Crippen molar-refractivity contribution >= 4 is 30.6 Å². The van der Waals surface area contributed by atoms with Crippen LogP contribution in [0.2, 0.25) is 0 Å². The molecule has 0 bridgehead atoms. The number of hydrogen-bond donors (Lipinski definition) is 0. The van der Waals surface area contributed by atoms with Gasteiger partial charge < -0.3 is 8.98 Å². The summed E-state index contributed by atoms with van der Waals surface area (Å²) in [4.78, 5) is -0.284. The van der Waals surface area contributed by atoms with Gasteiger partial charge in [-0.3, -0.25) is 0 Å². The lowest BCUT2D eigenvalue weighted by Gasteiger charge is -2.01. The third kappa shape index (κ3) is 2.52. The molecule has 3 aromatic rings. The number of rotatable bonds is 3. The van der Waals surface area contributed by atoms with E-state index in [1.165, 1.54) is 22.9 Å². The van der Waals surface area contributed by atoms with Crippen molar-refractivity contribution in [3.8, 4) is 0 Å². The molecule has 0 aliphatic carbocycles. The Morgan fingerprint density at radius 2 is 2.14 bits per heavy atom. The molecule has 0 aliphatic heterocycles. The smallest absolute Gasteiger partial charge is 0.263 e. The quantitative estimate of drug-likeness (QED) is 0.690. The lowest BCUT2D eigenvalue weighted by atomic mass is 10.2. The van der Waals surface area contributed by atoms with Crippen LogP contribution in [0.3, 0.4) is 0 Å². The molecular formula is C12H9ClFN3O3S. The Morgan fingerprint density at radius 1 is 1.38 bits per heavy atom. The molecule has 9 heteroatoms. The molecule has 0 aliphatic rings. The van der Waals surface area contributed by atoms with Crippen molar-refractivity contribution in [3.05, 3.63) is 42.0 Å². The van der Waals surface area contributed by atoms with Gasteiger partial charge in [-0.2, -0.15) is 0 Å². The summed E-state index contributed by atoms with van der Waals surface area (Å²) in [5.41, 5.74) is 0.380. The van der Waals surface area contributed by atoms with E-state index in [-0.39, 0.29) is 22.7 Å². The number of halogens is 2. The van der Waals surface area contributed by atoms with Gasteiger partial charge in [0.05, 0.1) is 10.9 Å². The summed E-state index contributed by atoms with van der Waals surface area (Å²) in [7, 11) is 1.30. The normalized spacial score (nSPS) is 12.1. The Balaban J connectivity index is 2.22. The Kier molecular flexibility index (Phi) is 3.22. The summed E-state index contributed by atoms with van der Waals surface area (Å²) in [6.07, 6.45) is 1.26. The lowest BCUT2D eigenvalue weighted by molar-refractivity contribution is 0.457. The van der Waals surface area contributed by atoms with Crippen LogP contribution in [-0.4, -0.2) is 23.2 Å². The topological polar surface area (TPSA) is 78.0 Å². The Bertz CT molecular complexity index is 933. The Morgan fingerprint density at radius 3 is 2.76 bits per heavy atom. The SMILES string of the molecule is Cc1nnc(Cn2cc(S(=O)(=O)Cl)c3c(F)cccc32)o1. The van der Waals surface area contributed by atoms with Gasteiger partial charge in [-0.05, 0) is 12.1 Å². The Hall–Kier alpha value is -1.93. The number of hydrogen-bond acceptors (Lipinski definition) is 5. The highest BCUT2D eigenvalue weighted by atomic mass is 35.7. The van der Waals surface area contributed by atoms with E-state index in [4.69, 9.17) is 15.1 Å². The minimum atomic E-state index is -4.07. The van der Waals surface area contributed by atoms with Crippen LogP contribution in [0.1, 0.15) is 11.8 Å². The van der Waals surface area contributed by atoms with Crippen molar-refractivity contribution in [2.45, 2.75) is 18.4 Å². The highest BCUT2D eigenvalue weighted by molar-refractivity contribution is 8.14. The van der Waals surface area contributed by atoms with Crippen LogP contribution in [0.4, 0.5) is 4.39 Å². The summed E-state index contributed by atoms with van der Waals surface area (Å²) in [6, 6.07) is 4.25. The van der Waals surface area contributed by atoms with E-state index in [2.05, 4.69) is 10.2 Å². The van der Waals surface area contributed by atoms with Crippen molar-refractivity contribution < 1.29 is 17.2 Å². The lowest BCUT2D eigenvalue weighted by Crippen LogP contribution is -1.98. The standard InChI is InChI=1S/C12H9ClFN3O3S/c1-7-15-16-11(20-7)6-17-5-10(21(13,18)19)12-8(14)3-2-4-9(12)17/h2-5H,6H2,1H3. The maximum atomic E-state index is 13.9. The first-order chi connectivity index (χ1) is 9.86. The first-order valence-corrected chi connectivity index (χ1v) is 8.18. The number of nitrogens with zero attached hydrogens (tertiary/aromatic N) is 3. The van der Waals surface area contributed by atoms with E-state index >= 15 is 0 Å². The summed E-state index contributed by atoms with van der Waals surface area (Å²) in [5.74, 6) is 0.0113. The number of aromatic nitrogens is 3. The van der Waals surface area contributed by atoms with Gasteiger partial charge >= 0.3 is 0 Å². The fourth-order valence-corrected chi connectivity index (χ4v) is 3.18. The van der Waals surface area contributed by atoms with Gasteiger partial charge in [0.2, 0.25) is 11.8 Å². The summed E-state index contributed by atoms with van der Waals surface area (Å²) in [5, 5.41) is 7.46. The van der Waals surface area contributed by atoms with E-state index in [1.807, 2.05) is 0 Å². The second-order valence-corrected chi connectivity index (χ2v) is 6.94. The molecule has 2 aromatic heterocycles. The van der Waals surface area contributed by atoms with Crippen LogP contribution in [0, 0.1) is 12.7 Å². The number of fused-ring (bicyclic) bond motifs is 1. The van der Waals surface area contributed by atoms with Crippen molar-refractivity contribution in [3.63, 3.8) is 0 Å². The predicted octanol–water partition coefficient (Wildman–Crippen LogP) is 2.45. The van der Waals surface area contributed by atoms with Crippen LogP contribution in [0.25, 0.3) is 10.9 Å². The third-order valence-corrected chi connectivity index (χ3v) is 4.29. The van der Waals surface area contributed by atoms with E-state index in [9.17, 15) is 12.8 Å². The van der Waals surface area contributed by atoms with Gasteiger partial charge in [-0.1, -0.05) is 6.07 Å². The summed E-state index contributed by atoms with van der Waals surface area (Å²) >= 11 is 0. The summed E-state index contributed by atoms with van der Waals surface area (Å²) in [6.45, 7) is 1.76. The molecule has 0 saturated heterocycles. The van der Waals surface area contributed by atoms with Gasteiger partial charge in [0.15, 0.2) is 0 Å². The largest absolute Gasteiger partial charge is 0.424 e. The average molecular weight is 330 g/mol. The van der Waals surface area contributed by atoms with E-state index in [1.54, 1.807) is 13.0 Å². The van der Waals surface area contributed by atoms with Gasteiger partial charge in [-0.15, -0.1) is 10.2 Å². The average Bonchev–Trinajstić information content (AvgIpc) is 2.95. The van der Waals surface area contributed by atoms with Crippen molar-refractivity contribution in [1.29, 1.82) is 0 Å². The van der Waals surface area contributed by atoms with Gasteiger partial charge in [0.1, 0.15) is 17.3 Å². The summed E-state index contributed by atoms with van der Waals surface area (Å²) < 4.78 is 43.9. The molecule has 0 amide bonds. The fraction of sp³-hybridized carbons (Fsp3) is 0.167. The number of benzene rings is 1. The number of aryl methyl sites for hydroxylation is 1. The zero-order valence-corrected chi connectivity index (χ0v) is 12.3. The van der Waals surface area contributed by atoms with Crippen LogP contribution >= 0.6 is 10.7 Å². The van der Waals surface area contributed by atoms with Crippen LogP contribution in [-0.2, 0) is 15.6 Å². The molecular weight excluding hydrogens is 321 g/mol. The molecule has 0 saturated carbocycles. The van der Waals surface area contributed by atoms with Crippen LogP contribution in [0.5, 0.6) is 0 Å². The van der Waals surface area contributed by atoms with Crippen molar-refractivity contribution in [2.24, 2.45) is 0 Å². The third-order valence-electron chi connectivity index (χ3n) is 2.96. The molecule has 0 radical (unpaired) electrons. The second-order valence-electron chi connectivity index (χ2n) is 4.41. The molecule has 0 spiro atoms. The van der Waals surface area contributed by atoms with Gasteiger partial charge in [0.25, 0.3) is 9.05 Å². The molecule has 3 rings (SSSR count). The monoisotopic (exact) mass is 329 g/mol.